The molecular formula is C23H31N5O. The van der Waals surface area contributed by atoms with E-state index in [2.05, 4.69) is 52.8 Å². The second-order valence-electron chi connectivity index (χ2n) is 7.31. The average molecular weight is 394 g/mol. The van der Waals surface area contributed by atoms with Gasteiger partial charge in [0.05, 0.1) is 12.6 Å². The lowest BCUT2D eigenvalue weighted by Gasteiger charge is -2.29. The van der Waals surface area contributed by atoms with Gasteiger partial charge in [0.2, 0.25) is 5.91 Å². The Morgan fingerprint density at radius 1 is 1.10 bits per heavy atom. The molecule has 0 bridgehead atoms. The summed E-state index contributed by atoms with van der Waals surface area (Å²) in [5.74, 6) is 0.356. The second kappa shape index (κ2) is 10.6. The summed E-state index contributed by atoms with van der Waals surface area (Å²) in [4.78, 5) is 18.6. The van der Waals surface area contributed by atoms with Gasteiger partial charge >= 0.3 is 0 Å². The van der Waals surface area contributed by atoms with Crippen molar-refractivity contribution in [3.63, 3.8) is 0 Å². The van der Waals surface area contributed by atoms with Crippen LogP contribution in [-0.2, 0) is 6.54 Å². The molecular weight excluding hydrogens is 362 g/mol. The van der Waals surface area contributed by atoms with Crippen LogP contribution < -0.4 is 16.4 Å². The number of amides is 1. The zero-order chi connectivity index (χ0) is 20.5. The van der Waals surface area contributed by atoms with Gasteiger partial charge < -0.3 is 16.4 Å². The van der Waals surface area contributed by atoms with Crippen LogP contribution in [0.1, 0.15) is 47.3 Å². The summed E-state index contributed by atoms with van der Waals surface area (Å²) in [7, 11) is 0. The van der Waals surface area contributed by atoms with Gasteiger partial charge in [-0.3, -0.25) is 9.69 Å². The number of rotatable bonds is 8. The third-order valence-electron chi connectivity index (χ3n) is 5.20. The summed E-state index contributed by atoms with van der Waals surface area (Å²) < 4.78 is 0. The Labute approximate surface area is 173 Å². The van der Waals surface area contributed by atoms with Gasteiger partial charge in [0.15, 0.2) is 5.96 Å². The molecule has 1 heterocycles. The number of likely N-dealkylation sites (tertiary alicyclic amines) is 1. The van der Waals surface area contributed by atoms with Crippen molar-refractivity contribution in [1.29, 1.82) is 0 Å². The van der Waals surface area contributed by atoms with Crippen LogP contribution in [0.15, 0.2) is 59.6 Å². The lowest BCUT2D eigenvalue weighted by Crippen LogP contribution is -2.42. The number of primary amides is 1. The Morgan fingerprint density at radius 3 is 2.55 bits per heavy atom. The summed E-state index contributed by atoms with van der Waals surface area (Å²) in [6.45, 7) is 6.38. The van der Waals surface area contributed by atoms with E-state index < -0.39 is 5.91 Å². The van der Waals surface area contributed by atoms with E-state index in [1.54, 1.807) is 12.1 Å². The number of carbonyl (C=O) groups is 1. The van der Waals surface area contributed by atoms with E-state index in [0.717, 1.165) is 37.7 Å². The summed E-state index contributed by atoms with van der Waals surface area (Å²) in [6.07, 6.45) is 2.52. The molecule has 1 aliphatic rings. The molecule has 1 unspecified atom stereocenters. The number of nitrogens with zero attached hydrogens (tertiary/aromatic N) is 2. The highest BCUT2D eigenvalue weighted by molar-refractivity contribution is 5.92. The van der Waals surface area contributed by atoms with Crippen molar-refractivity contribution in [2.75, 3.05) is 26.2 Å². The van der Waals surface area contributed by atoms with Crippen LogP contribution in [-0.4, -0.2) is 42.9 Å². The van der Waals surface area contributed by atoms with Crippen molar-refractivity contribution in [3.8, 4) is 0 Å². The van der Waals surface area contributed by atoms with Crippen LogP contribution in [0.3, 0.4) is 0 Å². The zero-order valence-corrected chi connectivity index (χ0v) is 17.1. The molecule has 29 heavy (non-hydrogen) atoms. The van der Waals surface area contributed by atoms with E-state index in [-0.39, 0.29) is 0 Å². The Bertz CT molecular complexity index is 815. The van der Waals surface area contributed by atoms with Crippen molar-refractivity contribution in [2.24, 2.45) is 10.7 Å². The molecule has 0 radical (unpaired) electrons. The van der Waals surface area contributed by atoms with Gasteiger partial charge in [-0.2, -0.15) is 0 Å². The fourth-order valence-corrected chi connectivity index (χ4v) is 3.71. The molecule has 1 atom stereocenters. The molecule has 3 rings (SSSR count). The predicted molar refractivity (Wildman–Crippen MR) is 118 cm³/mol. The molecule has 2 aromatic rings. The summed E-state index contributed by atoms with van der Waals surface area (Å²) in [5, 5.41) is 6.83. The van der Waals surface area contributed by atoms with Crippen molar-refractivity contribution >= 4 is 11.9 Å². The lowest BCUT2D eigenvalue weighted by atomic mass is 10.1. The molecule has 0 aliphatic carbocycles. The van der Waals surface area contributed by atoms with Crippen LogP contribution in [0.5, 0.6) is 0 Å². The highest BCUT2D eigenvalue weighted by atomic mass is 16.1. The smallest absolute Gasteiger partial charge is 0.248 e. The topological polar surface area (TPSA) is 82.7 Å². The highest BCUT2D eigenvalue weighted by Crippen LogP contribution is 2.24. The number of nitrogens with one attached hydrogen (secondary N) is 2. The number of guanidine groups is 1. The Balaban J connectivity index is 1.69. The average Bonchev–Trinajstić information content (AvgIpc) is 3.27. The molecule has 154 valence electrons. The second-order valence-corrected chi connectivity index (χ2v) is 7.31. The standard InChI is InChI=1S/C23H31N5O/c1-2-25-23(26-16-18-9-8-12-20(15-18)22(24)29)27-17-21(28-13-6-7-14-28)19-10-4-3-5-11-19/h3-5,8-12,15,21H,2,6-7,13-14,16-17H2,1H3,(H2,24,29)(H2,25,26,27). The van der Waals surface area contributed by atoms with E-state index in [0.29, 0.717) is 18.2 Å². The SMILES string of the molecule is CCNC(=NCc1cccc(C(N)=O)c1)NCC(c1ccccc1)N1CCCC1. The van der Waals surface area contributed by atoms with Gasteiger partial charge in [-0.25, -0.2) is 4.99 Å². The maximum atomic E-state index is 11.4. The van der Waals surface area contributed by atoms with E-state index in [9.17, 15) is 4.79 Å². The number of nitrogens with two attached hydrogens (primary N) is 1. The quantitative estimate of drug-likeness (QED) is 0.476. The third-order valence-corrected chi connectivity index (χ3v) is 5.20. The van der Waals surface area contributed by atoms with Crippen LogP contribution in [0.2, 0.25) is 0 Å². The summed E-state index contributed by atoms with van der Waals surface area (Å²) >= 11 is 0. The molecule has 2 aromatic carbocycles. The molecule has 1 fully saturated rings. The number of carbonyl (C=O) groups excluding carboxylic acids is 1. The first-order valence-corrected chi connectivity index (χ1v) is 10.4. The number of hydrogen-bond donors (Lipinski definition) is 3. The number of aliphatic imine (C=N–C) groups is 1. The maximum Gasteiger partial charge on any atom is 0.248 e. The molecule has 1 saturated heterocycles. The Hall–Kier alpha value is -2.86. The molecule has 0 spiro atoms. The summed E-state index contributed by atoms with van der Waals surface area (Å²) in [6, 6.07) is 18.3. The predicted octanol–water partition coefficient (Wildman–Crippen LogP) is 2.68. The Kier molecular flexibility index (Phi) is 7.64. The van der Waals surface area contributed by atoms with Gasteiger partial charge in [-0.05, 0) is 56.1 Å². The van der Waals surface area contributed by atoms with Crippen LogP contribution in [0, 0.1) is 0 Å². The zero-order valence-electron chi connectivity index (χ0n) is 17.1. The highest BCUT2D eigenvalue weighted by Gasteiger charge is 2.23. The van der Waals surface area contributed by atoms with Gasteiger partial charge in [0.25, 0.3) is 0 Å². The molecule has 0 saturated carbocycles. The normalized spacial score (nSPS) is 15.8. The van der Waals surface area contributed by atoms with E-state index >= 15 is 0 Å². The van der Waals surface area contributed by atoms with E-state index in [1.165, 1.54) is 18.4 Å². The Morgan fingerprint density at radius 2 is 1.86 bits per heavy atom. The van der Waals surface area contributed by atoms with Gasteiger partial charge in [-0.1, -0.05) is 42.5 Å². The van der Waals surface area contributed by atoms with Crippen LogP contribution in [0.25, 0.3) is 0 Å². The fraction of sp³-hybridized carbons (Fsp3) is 0.391. The molecule has 0 aromatic heterocycles. The van der Waals surface area contributed by atoms with Crippen molar-refractivity contribution < 1.29 is 4.79 Å². The minimum atomic E-state index is -0.419. The monoisotopic (exact) mass is 393 g/mol. The first-order chi connectivity index (χ1) is 14.2. The molecule has 1 amide bonds. The maximum absolute atomic E-state index is 11.4. The minimum absolute atomic E-state index is 0.320. The lowest BCUT2D eigenvalue weighted by molar-refractivity contribution is 0.1000. The number of benzene rings is 2. The van der Waals surface area contributed by atoms with E-state index in [1.807, 2.05) is 12.1 Å². The van der Waals surface area contributed by atoms with E-state index in [4.69, 9.17) is 10.7 Å². The van der Waals surface area contributed by atoms with Crippen molar-refractivity contribution in [3.05, 3.63) is 71.3 Å². The largest absolute Gasteiger partial charge is 0.366 e. The minimum Gasteiger partial charge on any atom is -0.366 e. The van der Waals surface area contributed by atoms with Gasteiger partial charge in [-0.15, -0.1) is 0 Å². The summed E-state index contributed by atoms with van der Waals surface area (Å²) in [5.41, 5.74) is 8.17. The van der Waals surface area contributed by atoms with Crippen LogP contribution in [0.4, 0.5) is 0 Å². The van der Waals surface area contributed by atoms with Gasteiger partial charge in [0.1, 0.15) is 0 Å². The molecule has 4 N–H and O–H groups in total. The van der Waals surface area contributed by atoms with Crippen molar-refractivity contribution in [1.82, 2.24) is 15.5 Å². The third kappa shape index (κ3) is 6.06. The van der Waals surface area contributed by atoms with Crippen molar-refractivity contribution in [2.45, 2.75) is 32.4 Å². The fourth-order valence-electron chi connectivity index (χ4n) is 3.71. The van der Waals surface area contributed by atoms with Gasteiger partial charge in [0, 0.05) is 18.7 Å². The molecule has 6 heteroatoms. The van der Waals surface area contributed by atoms with Crippen LogP contribution >= 0.6 is 0 Å². The number of hydrogen-bond acceptors (Lipinski definition) is 3. The molecule has 1 aliphatic heterocycles. The first-order valence-electron chi connectivity index (χ1n) is 10.4. The molecule has 6 nitrogen and oxygen atoms in total. The first kappa shape index (κ1) is 20.9.